The Hall–Kier alpha value is -3.72. The van der Waals surface area contributed by atoms with Crippen molar-refractivity contribution in [2.75, 3.05) is 37.0 Å². The summed E-state index contributed by atoms with van der Waals surface area (Å²) in [6.07, 6.45) is 0. The molecule has 9 heteroatoms. The number of aryl methyl sites for hydroxylation is 1. The molecule has 3 rings (SSSR count). The molecule has 8 nitrogen and oxygen atoms in total. The number of hydrogen-bond acceptors (Lipinski definition) is 6. The highest BCUT2D eigenvalue weighted by Gasteiger charge is 2.28. The maximum absolute atomic E-state index is 13.7. The van der Waals surface area contributed by atoms with Crippen LogP contribution < -0.4 is 23.8 Å². The number of rotatable bonds is 10. The lowest BCUT2D eigenvalue weighted by atomic mass is 10.2. The number of carbonyl (C=O) groups excluding carboxylic acids is 1. The molecule has 0 atom stereocenters. The van der Waals surface area contributed by atoms with Crippen LogP contribution in [-0.4, -0.2) is 41.7 Å². The van der Waals surface area contributed by atoms with Crippen LogP contribution >= 0.6 is 0 Å². The molecule has 180 valence electrons. The fourth-order valence-corrected chi connectivity index (χ4v) is 4.76. The van der Waals surface area contributed by atoms with Gasteiger partial charge in [-0.2, -0.15) is 0 Å². The molecular formula is C25H28N2O6S. The zero-order valence-corrected chi connectivity index (χ0v) is 20.4. The maximum atomic E-state index is 13.7. The van der Waals surface area contributed by atoms with Gasteiger partial charge in [0.05, 0.1) is 31.4 Å². The highest BCUT2D eigenvalue weighted by atomic mass is 32.2. The average Bonchev–Trinajstić information content (AvgIpc) is 2.84. The molecule has 34 heavy (non-hydrogen) atoms. The molecule has 0 fully saturated rings. The van der Waals surface area contributed by atoms with Crippen molar-refractivity contribution in [2.24, 2.45) is 0 Å². The standard InChI is InChI=1S/C25H28N2O6S/c1-5-33-20-12-10-19(11-13-20)27(17-25(28)26-22-9-7-6-8-18(22)2)34(29,30)21-14-15-23(31-3)24(16-21)32-4/h6-16H,5,17H2,1-4H3,(H,26,28). The molecule has 0 aromatic heterocycles. The van der Waals surface area contributed by atoms with E-state index in [1.807, 2.05) is 26.0 Å². The van der Waals surface area contributed by atoms with Gasteiger partial charge in [-0.15, -0.1) is 0 Å². The molecule has 3 aromatic carbocycles. The molecule has 0 spiro atoms. The van der Waals surface area contributed by atoms with Crippen LogP contribution in [0.15, 0.2) is 71.6 Å². The summed E-state index contributed by atoms with van der Waals surface area (Å²) in [6, 6.07) is 18.1. The van der Waals surface area contributed by atoms with Gasteiger partial charge in [0.1, 0.15) is 12.3 Å². The number of para-hydroxylation sites is 1. The number of anilines is 2. The average molecular weight is 485 g/mol. The SMILES string of the molecule is CCOc1ccc(N(CC(=O)Nc2ccccc2C)S(=O)(=O)c2ccc(OC)c(OC)c2)cc1. The second kappa shape index (κ2) is 10.9. The summed E-state index contributed by atoms with van der Waals surface area (Å²) in [5, 5.41) is 2.79. The minimum Gasteiger partial charge on any atom is -0.494 e. The number of nitrogens with one attached hydrogen (secondary N) is 1. The molecule has 1 amide bonds. The lowest BCUT2D eigenvalue weighted by Gasteiger charge is -2.25. The van der Waals surface area contributed by atoms with Crippen molar-refractivity contribution in [2.45, 2.75) is 18.7 Å². The smallest absolute Gasteiger partial charge is 0.264 e. The van der Waals surface area contributed by atoms with Crippen molar-refractivity contribution in [3.63, 3.8) is 0 Å². The quantitative estimate of drug-likeness (QED) is 0.463. The van der Waals surface area contributed by atoms with Crippen LogP contribution in [0.2, 0.25) is 0 Å². The molecule has 0 aliphatic heterocycles. The van der Waals surface area contributed by atoms with Crippen molar-refractivity contribution in [1.82, 2.24) is 0 Å². The second-order valence-corrected chi connectivity index (χ2v) is 9.18. The Morgan fingerprint density at radius 3 is 2.24 bits per heavy atom. The number of benzene rings is 3. The Morgan fingerprint density at radius 1 is 0.941 bits per heavy atom. The van der Waals surface area contributed by atoms with E-state index in [4.69, 9.17) is 14.2 Å². The first-order valence-electron chi connectivity index (χ1n) is 10.6. The van der Waals surface area contributed by atoms with Gasteiger partial charge in [-0.25, -0.2) is 8.42 Å². The van der Waals surface area contributed by atoms with Gasteiger partial charge in [-0.1, -0.05) is 18.2 Å². The van der Waals surface area contributed by atoms with Crippen LogP contribution in [0.4, 0.5) is 11.4 Å². The van der Waals surface area contributed by atoms with E-state index < -0.39 is 22.5 Å². The minimum absolute atomic E-state index is 0.0391. The first kappa shape index (κ1) is 24.9. The van der Waals surface area contributed by atoms with Gasteiger partial charge in [0.25, 0.3) is 10.0 Å². The molecule has 3 aromatic rings. The molecule has 0 heterocycles. The Labute approximate surface area is 200 Å². The van der Waals surface area contributed by atoms with E-state index in [1.54, 1.807) is 36.4 Å². The fourth-order valence-electron chi connectivity index (χ4n) is 3.33. The molecular weight excluding hydrogens is 456 g/mol. The summed E-state index contributed by atoms with van der Waals surface area (Å²) in [5.41, 5.74) is 1.80. The van der Waals surface area contributed by atoms with E-state index in [1.165, 1.54) is 32.4 Å². The monoisotopic (exact) mass is 484 g/mol. The molecule has 0 bridgehead atoms. The Morgan fingerprint density at radius 2 is 1.62 bits per heavy atom. The summed E-state index contributed by atoms with van der Waals surface area (Å²) in [5.74, 6) is 0.775. The summed E-state index contributed by atoms with van der Waals surface area (Å²) in [6.45, 7) is 3.77. The number of hydrogen-bond donors (Lipinski definition) is 1. The van der Waals surface area contributed by atoms with Gasteiger partial charge in [-0.05, 0) is 61.9 Å². The maximum Gasteiger partial charge on any atom is 0.264 e. The first-order valence-corrected chi connectivity index (χ1v) is 12.1. The number of nitrogens with zero attached hydrogens (tertiary/aromatic N) is 1. The van der Waals surface area contributed by atoms with E-state index in [9.17, 15) is 13.2 Å². The van der Waals surface area contributed by atoms with E-state index in [0.717, 1.165) is 9.87 Å². The molecule has 0 aliphatic carbocycles. The van der Waals surface area contributed by atoms with Crippen LogP contribution in [0.3, 0.4) is 0 Å². The third-order valence-corrected chi connectivity index (χ3v) is 6.85. The van der Waals surface area contributed by atoms with Crippen LogP contribution in [-0.2, 0) is 14.8 Å². The van der Waals surface area contributed by atoms with E-state index in [2.05, 4.69) is 5.32 Å². The second-order valence-electron chi connectivity index (χ2n) is 7.32. The van der Waals surface area contributed by atoms with Crippen LogP contribution in [0.5, 0.6) is 17.2 Å². The van der Waals surface area contributed by atoms with Gasteiger partial charge in [0, 0.05) is 11.8 Å². The van der Waals surface area contributed by atoms with Gasteiger partial charge in [-0.3, -0.25) is 9.10 Å². The number of methoxy groups -OCH3 is 2. The van der Waals surface area contributed by atoms with E-state index >= 15 is 0 Å². The van der Waals surface area contributed by atoms with E-state index in [0.29, 0.717) is 29.5 Å². The first-order chi connectivity index (χ1) is 16.3. The summed E-state index contributed by atoms with van der Waals surface area (Å²) in [7, 11) is -1.25. The zero-order chi connectivity index (χ0) is 24.7. The number of carbonyl (C=O) groups is 1. The van der Waals surface area contributed by atoms with Crippen molar-refractivity contribution >= 4 is 27.3 Å². The molecule has 0 unspecified atom stereocenters. The van der Waals surface area contributed by atoms with Crippen LogP contribution in [0, 0.1) is 6.92 Å². The van der Waals surface area contributed by atoms with Gasteiger partial charge < -0.3 is 19.5 Å². The highest BCUT2D eigenvalue weighted by molar-refractivity contribution is 7.92. The van der Waals surface area contributed by atoms with Gasteiger partial charge >= 0.3 is 0 Å². The lowest BCUT2D eigenvalue weighted by molar-refractivity contribution is -0.114. The predicted octanol–water partition coefficient (Wildman–Crippen LogP) is 4.24. The number of sulfonamides is 1. The lowest BCUT2D eigenvalue weighted by Crippen LogP contribution is -2.38. The molecule has 0 aliphatic rings. The topological polar surface area (TPSA) is 94.2 Å². The van der Waals surface area contributed by atoms with Crippen molar-refractivity contribution in [1.29, 1.82) is 0 Å². The molecule has 0 saturated carbocycles. The van der Waals surface area contributed by atoms with Crippen molar-refractivity contribution in [3.05, 3.63) is 72.3 Å². The third kappa shape index (κ3) is 5.60. The van der Waals surface area contributed by atoms with E-state index in [-0.39, 0.29) is 10.6 Å². The Balaban J connectivity index is 2.00. The summed E-state index contributed by atoms with van der Waals surface area (Å²) >= 11 is 0. The summed E-state index contributed by atoms with van der Waals surface area (Å²) < 4.78 is 44.4. The van der Waals surface area contributed by atoms with Crippen molar-refractivity contribution in [3.8, 4) is 17.2 Å². The number of amides is 1. The minimum atomic E-state index is -4.14. The Kier molecular flexibility index (Phi) is 8.01. The molecule has 1 N–H and O–H groups in total. The van der Waals surface area contributed by atoms with Crippen LogP contribution in [0.1, 0.15) is 12.5 Å². The van der Waals surface area contributed by atoms with Crippen LogP contribution in [0.25, 0.3) is 0 Å². The van der Waals surface area contributed by atoms with Gasteiger partial charge in [0.2, 0.25) is 5.91 Å². The zero-order valence-electron chi connectivity index (χ0n) is 19.6. The highest BCUT2D eigenvalue weighted by Crippen LogP contribution is 2.32. The third-order valence-electron chi connectivity index (χ3n) is 5.09. The molecule has 0 radical (unpaired) electrons. The Bertz CT molecular complexity index is 1240. The summed E-state index contributed by atoms with van der Waals surface area (Å²) in [4.78, 5) is 12.9. The van der Waals surface area contributed by atoms with Crippen molar-refractivity contribution < 1.29 is 27.4 Å². The predicted molar refractivity (Wildman–Crippen MR) is 131 cm³/mol. The normalized spacial score (nSPS) is 10.9. The largest absolute Gasteiger partial charge is 0.494 e. The number of ether oxygens (including phenoxy) is 3. The van der Waals surface area contributed by atoms with Gasteiger partial charge in [0.15, 0.2) is 11.5 Å². The molecule has 0 saturated heterocycles. The fraction of sp³-hybridized carbons (Fsp3) is 0.240.